The van der Waals surface area contributed by atoms with Gasteiger partial charge in [-0.05, 0) is 66.2 Å². The van der Waals surface area contributed by atoms with E-state index in [1.54, 1.807) is 31.4 Å². The number of benzene rings is 3. The quantitative estimate of drug-likeness (QED) is 0.578. The topological polar surface area (TPSA) is 44.8 Å². The summed E-state index contributed by atoms with van der Waals surface area (Å²) in [5, 5.41) is 0. The van der Waals surface area contributed by atoms with Crippen LogP contribution in [-0.4, -0.2) is 13.4 Å². The second-order valence-electron chi connectivity index (χ2n) is 5.40. The van der Waals surface area contributed by atoms with Crippen molar-refractivity contribution >= 4 is 6.29 Å². The van der Waals surface area contributed by atoms with Gasteiger partial charge in [0, 0.05) is 5.56 Å². The first-order chi connectivity index (χ1) is 12.3. The number of rotatable bonds is 7. The summed E-state index contributed by atoms with van der Waals surface area (Å²) in [6, 6.07) is 22.2. The first-order valence-electron chi connectivity index (χ1n) is 7.86. The third-order valence-corrected chi connectivity index (χ3v) is 3.62. The van der Waals surface area contributed by atoms with Crippen LogP contribution in [0.25, 0.3) is 0 Å². The molecule has 0 N–H and O–H groups in total. The number of ether oxygens (including phenoxy) is 3. The molecule has 0 spiro atoms. The molecular weight excluding hydrogens is 316 g/mol. The maximum absolute atomic E-state index is 10.7. The molecule has 0 atom stereocenters. The largest absolute Gasteiger partial charge is 0.497 e. The van der Waals surface area contributed by atoms with E-state index in [4.69, 9.17) is 14.2 Å². The third kappa shape index (κ3) is 4.61. The van der Waals surface area contributed by atoms with Crippen molar-refractivity contribution in [3.8, 4) is 23.0 Å². The molecule has 0 unspecified atom stereocenters. The van der Waals surface area contributed by atoms with Crippen molar-refractivity contribution < 1.29 is 19.0 Å². The van der Waals surface area contributed by atoms with Gasteiger partial charge in [0.05, 0.1) is 7.11 Å². The van der Waals surface area contributed by atoms with Crippen LogP contribution in [0.4, 0.5) is 0 Å². The summed E-state index contributed by atoms with van der Waals surface area (Å²) in [6.07, 6.45) is 0.809. The number of aldehydes is 1. The lowest BCUT2D eigenvalue weighted by atomic mass is 10.2. The van der Waals surface area contributed by atoms with Crippen molar-refractivity contribution in [1.29, 1.82) is 0 Å². The lowest BCUT2D eigenvalue weighted by Gasteiger charge is -2.10. The average molecular weight is 334 g/mol. The molecule has 0 bridgehead atoms. The molecule has 4 nitrogen and oxygen atoms in total. The van der Waals surface area contributed by atoms with E-state index in [9.17, 15) is 4.79 Å². The Morgan fingerprint density at radius 1 is 0.800 bits per heavy atom. The fraction of sp³-hybridized carbons (Fsp3) is 0.0952. The van der Waals surface area contributed by atoms with E-state index in [2.05, 4.69) is 0 Å². The Morgan fingerprint density at radius 2 is 1.48 bits per heavy atom. The molecule has 0 aliphatic heterocycles. The molecule has 0 saturated carbocycles. The Labute approximate surface area is 146 Å². The summed E-state index contributed by atoms with van der Waals surface area (Å²) in [5.74, 6) is 2.98. The highest BCUT2D eigenvalue weighted by Crippen LogP contribution is 2.25. The normalized spacial score (nSPS) is 10.1. The van der Waals surface area contributed by atoms with Crippen molar-refractivity contribution in [3.05, 3.63) is 83.9 Å². The molecule has 0 amide bonds. The van der Waals surface area contributed by atoms with Crippen LogP contribution >= 0.6 is 0 Å². The predicted octanol–water partition coefficient (Wildman–Crippen LogP) is 4.88. The number of carbonyl (C=O) groups excluding carboxylic acids is 1. The van der Waals surface area contributed by atoms with Crippen LogP contribution in [0.3, 0.4) is 0 Å². The third-order valence-electron chi connectivity index (χ3n) is 3.62. The lowest BCUT2D eigenvalue weighted by molar-refractivity contribution is 0.112. The van der Waals surface area contributed by atoms with Crippen LogP contribution in [0, 0.1) is 0 Å². The minimum Gasteiger partial charge on any atom is -0.497 e. The van der Waals surface area contributed by atoms with Crippen LogP contribution < -0.4 is 14.2 Å². The van der Waals surface area contributed by atoms with Gasteiger partial charge in [-0.1, -0.05) is 12.1 Å². The lowest BCUT2D eigenvalue weighted by Crippen LogP contribution is -1.96. The summed E-state index contributed by atoms with van der Waals surface area (Å²) >= 11 is 0. The van der Waals surface area contributed by atoms with E-state index >= 15 is 0 Å². The van der Waals surface area contributed by atoms with E-state index in [-0.39, 0.29) is 0 Å². The van der Waals surface area contributed by atoms with Gasteiger partial charge in [0.2, 0.25) is 0 Å². The zero-order chi connectivity index (χ0) is 17.5. The van der Waals surface area contributed by atoms with Gasteiger partial charge in [-0.3, -0.25) is 4.79 Å². The molecule has 0 fully saturated rings. The summed E-state index contributed by atoms with van der Waals surface area (Å²) in [7, 11) is 1.63. The van der Waals surface area contributed by atoms with Crippen LogP contribution in [0.1, 0.15) is 15.9 Å². The Balaban J connectivity index is 1.62. The van der Waals surface area contributed by atoms with Gasteiger partial charge in [-0.2, -0.15) is 0 Å². The zero-order valence-electron chi connectivity index (χ0n) is 13.8. The van der Waals surface area contributed by atoms with Gasteiger partial charge in [-0.25, -0.2) is 0 Å². The van der Waals surface area contributed by atoms with E-state index in [0.29, 0.717) is 17.9 Å². The minimum atomic E-state index is 0.417. The minimum absolute atomic E-state index is 0.417. The van der Waals surface area contributed by atoms with Crippen LogP contribution in [0.2, 0.25) is 0 Å². The first-order valence-corrected chi connectivity index (χ1v) is 7.86. The second kappa shape index (κ2) is 8.02. The molecule has 3 aromatic carbocycles. The van der Waals surface area contributed by atoms with E-state index in [0.717, 1.165) is 29.1 Å². The Bertz CT molecular complexity index is 823. The van der Waals surface area contributed by atoms with Gasteiger partial charge in [0.25, 0.3) is 0 Å². The average Bonchev–Trinajstić information content (AvgIpc) is 2.68. The van der Waals surface area contributed by atoms with Gasteiger partial charge in [0.15, 0.2) is 0 Å². The smallest absolute Gasteiger partial charge is 0.150 e. The van der Waals surface area contributed by atoms with Crippen molar-refractivity contribution in [2.45, 2.75) is 6.61 Å². The molecule has 4 heteroatoms. The van der Waals surface area contributed by atoms with Gasteiger partial charge in [-0.15, -0.1) is 0 Å². The van der Waals surface area contributed by atoms with Crippen molar-refractivity contribution in [2.75, 3.05) is 7.11 Å². The van der Waals surface area contributed by atoms with Crippen LogP contribution in [0.15, 0.2) is 72.8 Å². The predicted molar refractivity (Wildman–Crippen MR) is 95.7 cm³/mol. The van der Waals surface area contributed by atoms with Crippen molar-refractivity contribution in [1.82, 2.24) is 0 Å². The molecule has 0 aliphatic carbocycles. The molecule has 126 valence electrons. The summed E-state index contributed by atoms with van der Waals surface area (Å²) in [6.45, 7) is 0.417. The van der Waals surface area contributed by atoms with E-state index < -0.39 is 0 Å². The highest BCUT2D eigenvalue weighted by Gasteiger charge is 2.02. The molecule has 25 heavy (non-hydrogen) atoms. The van der Waals surface area contributed by atoms with E-state index in [1.165, 1.54) is 0 Å². The standard InChI is InChI=1S/C21H18O4/c1-23-18-9-11-20(12-10-18)25-21-4-2-3-17(13-21)15-24-19-7-5-16(14-22)6-8-19/h2-14H,15H2,1H3. The zero-order valence-corrected chi connectivity index (χ0v) is 13.8. The van der Waals surface area contributed by atoms with Gasteiger partial charge >= 0.3 is 0 Å². The Hall–Kier alpha value is -3.27. The fourth-order valence-corrected chi connectivity index (χ4v) is 2.29. The monoisotopic (exact) mass is 334 g/mol. The summed E-state index contributed by atoms with van der Waals surface area (Å²) in [5.41, 5.74) is 1.62. The van der Waals surface area contributed by atoms with Crippen molar-refractivity contribution in [3.63, 3.8) is 0 Å². The number of hydrogen-bond donors (Lipinski definition) is 0. The summed E-state index contributed by atoms with van der Waals surface area (Å²) in [4.78, 5) is 10.7. The maximum Gasteiger partial charge on any atom is 0.150 e. The number of carbonyl (C=O) groups is 1. The molecule has 0 aromatic heterocycles. The highest BCUT2D eigenvalue weighted by atomic mass is 16.5. The Morgan fingerprint density at radius 3 is 2.16 bits per heavy atom. The van der Waals surface area contributed by atoms with Crippen LogP contribution in [0.5, 0.6) is 23.0 Å². The number of hydrogen-bond acceptors (Lipinski definition) is 4. The Kier molecular flexibility index (Phi) is 5.32. The second-order valence-corrected chi connectivity index (χ2v) is 5.40. The summed E-state index contributed by atoms with van der Waals surface area (Å²) < 4.78 is 16.7. The molecule has 3 rings (SSSR count). The van der Waals surface area contributed by atoms with Crippen LogP contribution in [-0.2, 0) is 6.61 Å². The molecule has 0 heterocycles. The van der Waals surface area contributed by atoms with E-state index in [1.807, 2.05) is 48.5 Å². The molecular formula is C21H18O4. The maximum atomic E-state index is 10.7. The number of methoxy groups -OCH3 is 1. The molecule has 3 aromatic rings. The van der Waals surface area contributed by atoms with Gasteiger partial charge in [0.1, 0.15) is 35.9 Å². The van der Waals surface area contributed by atoms with Gasteiger partial charge < -0.3 is 14.2 Å². The molecule has 0 aliphatic rings. The first kappa shape index (κ1) is 16.6. The molecule has 0 radical (unpaired) electrons. The SMILES string of the molecule is COc1ccc(Oc2cccc(COc3ccc(C=O)cc3)c2)cc1. The van der Waals surface area contributed by atoms with Crippen molar-refractivity contribution in [2.24, 2.45) is 0 Å². The highest BCUT2D eigenvalue weighted by molar-refractivity contribution is 5.74. The molecule has 0 saturated heterocycles. The fourth-order valence-electron chi connectivity index (χ4n) is 2.29.